The number of amides is 2. The monoisotopic (exact) mass is 891 g/mol. The van der Waals surface area contributed by atoms with E-state index in [1.165, 1.54) is 13.8 Å². The number of nitrogens with zero attached hydrogens (tertiary/aromatic N) is 4. The fraction of sp³-hybridized carbons (Fsp3) is 0.655. The highest BCUT2D eigenvalue weighted by Gasteiger charge is 2.50. The van der Waals surface area contributed by atoms with Crippen molar-refractivity contribution in [3.8, 4) is 0 Å². The molecular formula is C29H48N7O17P3S. The van der Waals surface area contributed by atoms with Crippen molar-refractivity contribution >= 4 is 69.1 Å². The Morgan fingerprint density at radius 1 is 1.05 bits per heavy atom. The molecule has 1 aliphatic heterocycles. The number of nitrogen functional groups attached to an aromatic ring is 1. The van der Waals surface area contributed by atoms with Gasteiger partial charge in [-0.1, -0.05) is 37.8 Å². The largest absolute Gasteiger partial charge is 0.481 e. The van der Waals surface area contributed by atoms with Gasteiger partial charge in [0.25, 0.3) is 0 Å². The number of carbonyl (C=O) groups is 3. The number of ether oxygens (including phenoxy) is 1. The van der Waals surface area contributed by atoms with Crippen LogP contribution in [0.4, 0.5) is 5.82 Å². The van der Waals surface area contributed by atoms with E-state index in [2.05, 4.69) is 34.4 Å². The minimum atomic E-state index is -5.57. The van der Waals surface area contributed by atoms with Crippen LogP contribution in [0.15, 0.2) is 24.8 Å². The maximum Gasteiger partial charge on any atom is 0.481 e. The number of thioether (sulfide) groups is 1. The smallest absolute Gasteiger partial charge is 0.386 e. The fourth-order valence-corrected chi connectivity index (χ4v) is 8.61. The Morgan fingerprint density at radius 2 is 1.75 bits per heavy atom. The molecule has 57 heavy (non-hydrogen) atoms. The summed E-state index contributed by atoms with van der Waals surface area (Å²) in [5.41, 5.74) is 4.27. The number of nitrogens with two attached hydrogens (primary N) is 1. The van der Waals surface area contributed by atoms with Crippen molar-refractivity contribution in [3.63, 3.8) is 0 Å². The van der Waals surface area contributed by atoms with Crippen LogP contribution < -0.4 is 16.4 Å². The summed E-state index contributed by atoms with van der Waals surface area (Å²) in [6.07, 6.45) is 0.140. The normalized spacial score (nSPS) is 21.6. The van der Waals surface area contributed by atoms with Crippen LogP contribution in [0, 0.1) is 5.41 Å². The minimum Gasteiger partial charge on any atom is -0.386 e. The molecule has 0 spiro atoms. The van der Waals surface area contributed by atoms with Crippen molar-refractivity contribution in [2.24, 2.45) is 5.41 Å². The molecule has 24 nitrogen and oxygen atoms in total. The van der Waals surface area contributed by atoms with Gasteiger partial charge in [-0.25, -0.2) is 28.6 Å². The summed E-state index contributed by atoms with van der Waals surface area (Å²) in [7, 11) is -16.4. The first-order valence-electron chi connectivity index (χ1n) is 17.2. The molecule has 2 aromatic heterocycles. The SMILES string of the molecule is C/C=C\CCCCC(=O)SCCNC(=O)CCNC(=O)[C@H](O)C(C)(C)COP(=O)(O)OP(=O)(O)OC[C@H]1O[C@@H](n2cnc3c(N)ncnc32)[C@H](O)[C@@H]1OP(=O)(O)O. The molecule has 2 aromatic rings. The molecule has 322 valence electrons. The Kier molecular flexibility index (Phi) is 18.4. The van der Waals surface area contributed by atoms with Gasteiger partial charge >= 0.3 is 23.5 Å². The molecule has 0 aliphatic carbocycles. The first-order valence-corrected chi connectivity index (χ1v) is 22.7. The van der Waals surface area contributed by atoms with E-state index in [1.54, 1.807) is 0 Å². The lowest BCUT2D eigenvalue weighted by molar-refractivity contribution is -0.137. The van der Waals surface area contributed by atoms with E-state index in [-0.39, 0.29) is 41.6 Å². The molecule has 0 aromatic carbocycles. The third-order valence-electron chi connectivity index (χ3n) is 8.00. The third-order valence-corrected chi connectivity index (χ3v) is 12.0. The number of fused-ring (bicyclic) bond motifs is 1. The highest BCUT2D eigenvalue weighted by atomic mass is 32.2. The number of phosphoric acid groups is 3. The number of aromatic nitrogens is 4. The van der Waals surface area contributed by atoms with E-state index in [9.17, 15) is 57.9 Å². The van der Waals surface area contributed by atoms with E-state index in [0.717, 1.165) is 48.2 Å². The molecule has 3 rings (SSSR count). The number of hydrogen-bond donors (Lipinski definition) is 9. The topological polar surface area (TPSA) is 364 Å². The lowest BCUT2D eigenvalue weighted by Crippen LogP contribution is -2.46. The number of allylic oxidation sites excluding steroid dienone is 2. The van der Waals surface area contributed by atoms with Gasteiger partial charge < -0.3 is 50.9 Å². The number of anilines is 1. The summed E-state index contributed by atoms with van der Waals surface area (Å²) in [6, 6.07) is 0. The molecule has 0 saturated carbocycles. The second kappa shape index (κ2) is 21.5. The van der Waals surface area contributed by atoms with Crippen LogP contribution >= 0.6 is 35.2 Å². The van der Waals surface area contributed by atoms with E-state index >= 15 is 0 Å². The average molecular weight is 892 g/mol. The zero-order valence-electron chi connectivity index (χ0n) is 31.1. The van der Waals surface area contributed by atoms with E-state index in [1.807, 2.05) is 19.1 Å². The predicted octanol–water partition coefficient (Wildman–Crippen LogP) is 0.801. The van der Waals surface area contributed by atoms with Crippen LogP contribution in [0.5, 0.6) is 0 Å². The molecular weight excluding hydrogens is 843 g/mol. The van der Waals surface area contributed by atoms with Gasteiger partial charge in [0, 0.05) is 37.1 Å². The van der Waals surface area contributed by atoms with Crippen LogP contribution in [0.25, 0.3) is 11.2 Å². The van der Waals surface area contributed by atoms with Crippen molar-refractivity contribution in [1.82, 2.24) is 30.2 Å². The fourth-order valence-electron chi connectivity index (χ4n) is 5.07. The number of imidazole rings is 1. The average Bonchev–Trinajstić information content (AvgIpc) is 3.68. The summed E-state index contributed by atoms with van der Waals surface area (Å²) >= 11 is 1.12. The summed E-state index contributed by atoms with van der Waals surface area (Å²) in [4.78, 5) is 87.6. The molecule has 28 heteroatoms. The molecule has 7 atom stereocenters. The maximum atomic E-state index is 12.7. The lowest BCUT2D eigenvalue weighted by Gasteiger charge is -2.30. The molecule has 2 unspecified atom stereocenters. The van der Waals surface area contributed by atoms with E-state index < -0.39 is 84.6 Å². The van der Waals surface area contributed by atoms with Crippen LogP contribution in [-0.2, 0) is 50.7 Å². The van der Waals surface area contributed by atoms with Gasteiger partial charge in [-0.2, -0.15) is 4.31 Å². The van der Waals surface area contributed by atoms with Gasteiger partial charge in [-0.05, 0) is 26.2 Å². The molecule has 0 bridgehead atoms. The maximum absolute atomic E-state index is 12.7. The Labute approximate surface area is 330 Å². The van der Waals surface area contributed by atoms with Crippen LogP contribution in [0.3, 0.4) is 0 Å². The zero-order valence-corrected chi connectivity index (χ0v) is 34.6. The van der Waals surface area contributed by atoms with E-state index in [0.29, 0.717) is 12.2 Å². The van der Waals surface area contributed by atoms with Gasteiger partial charge in [0.05, 0.1) is 19.5 Å². The standard InChI is InChI=1S/C29H48N7O17P3S/c1-4-5-6-7-8-9-20(38)57-13-12-31-19(37)10-11-32-27(41)24(40)29(2,3)15-50-56(47,48)53-55(45,46)49-14-18-23(52-54(42,43)44)22(39)28(51-18)36-17-35-21-25(30)33-16-34-26(21)36/h4-5,16-18,22-24,28,39-40H,6-15H2,1-3H3,(H,31,37)(H,32,41)(H,45,46)(H,47,48)(H2,30,33,34)(H2,42,43,44)/b5-4-/t18-,22-,23-,24+,28-/m1/s1. The van der Waals surface area contributed by atoms with Gasteiger partial charge in [-0.3, -0.25) is 32.5 Å². The third kappa shape index (κ3) is 15.8. The molecule has 0 radical (unpaired) electrons. The molecule has 2 amide bonds. The van der Waals surface area contributed by atoms with Crippen molar-refractivity contribution in [3.05, 3.63) is 24.8 Å². The summed E-state index contributed by atoms with van der Waals surface area (Å²) in [5, 5.41) is 26.4. The number of rotatable bonds is 24. The Balaban J connectivity index is 1.45. The van der Waals surface area contributed by atoms with Crippen LogP contribution in [0.1, 0.15) is 59.1 Å². The van der Waals surface area contributed by atoms with Crippen molar-refractivity contribution in [2.45, 2.75) is 83.5 Å². The summed E-state index contributed by atoms with van der Waals surface area (Å²) in [5.74, 6) is -1.06. The summed E-state index contributed by atoms with van der Waals surface area (Å²) < 4.78 is 62.1. The van der Waals surface area contributed by atoms with Crippen LogP contribution in [-0.4, -0.2) is 123 Å². The van der Waals surface area contributed by atoms with E-state index in [4.69, 9.17) is 19.5 Å². The quantitative estimate of drug-likeness (QED) is 0.0400. The second-order valence-corrected chi connectivity index (χ2v) is 18.5. The lowest BCUT2D eigenvalue weighted by atomic mass is 9.87. The Bertz CT molecular complexity index is 1860. The molecule has 1 fully saturated rings. The van der Waals surface area contributed by atoms with Crippen LogP contribution in [0.2, 0.25) is 0 Å². The molecule has 1 aliphatic rings. The Morgan fingerprint density at radius 3 is 2.44 bits per heavy atom. The Hall–Kier alpha value is -2.70. The second-order valence-electron chi connectivity index (χ2n) is 13.1. The van der Waals surface area contributed by atoms with Gasteiger partial charge in [0.2, 0.25) is 11.8 Å². The molecule has 1 saturated heterocycles. The van der Waals surface area contributed by atoms with Gasteiger partial charge in [-0.15, -0.1) is 0 Å². The number of carbonyl (C=O) groups excluding carboxylic acids is 3. The van der Waals surface area contributed by atoms with Crippen molar-refractivity contribution in [1.29, 1.82) is 0 Å². The molecule has 10 N–H and O–H groups in total. The van der Waals surface area contributed by atoms with Crippen molar-refractivity contribution < 1.29 is 80.5 Å². The first kappa shape index (κ1) is 48.7. The summed E-state index contributed by atoms with van der Waals surface area (Å²) in [6.45, 7) is 2.47. The highest BCUT2D eigenvalue weighted by molar-refractivity contribution is 8.13. The molecule has 3 heterocycles. The van der Waals surface area contributed by atoms with Gasteiger partial charge in [0.15, 0.2) is 22.8 Å². The number of unbranched alkanes of at least 4 members (excludes halogenated alkanes) is 2. The zero-order chi connectivity index (χ0) is 42.6. The van der Waals surface area contributed by atoms with Gasteiger partial charge in [0.1, 0.15) is 36.3 Å². The number of aliphatic hydroxyl groups excluding tert-OH is 2. The number of hydrogen-bond acceptors (Lipinski definition) is 18. The number of aliphatic hydroxyl groups is 2. The number of phosphoric ester groups is 3. The first-order chi connectivity index (χ1) is 26.6. The minimum absolute atomic E-state index is 0.0293. The predicted molar refractivity (Wildman–Crippen MR) is 200 cm³/mol. The highest BCUT2D eigenvalue weighted by Crippen LogP contribution is 2.61. The van der Waals surface area contributed by atoms with Crippen molar-refractivity contribution in [2.75, 3.05) is 37.8 Å². The number of nitrogens with one attached hydrogen (secondary N) is 2.